The van der Waals surface area contributed by atoms with E-state index in [2.05, 4.69) is 20.8 Å². The highest BCUT2D eigenvalue weighted by Crippen LogP contribution is 2.33. The molecule has 4 aromatic carbocycles. The van der Waals surface area contributed by atoms with Gasteiger partial charge in [-0.1, -0.05) is 53.7 Å². The van der Waals surface area contributed by atoms with Crippen molar-refractivity contribution in [3.63, 3.8) is 0 Å². The van der Waals surface area contributed by atoms with E-state index >= 15 is 0 Å². The van der Waals surface area contributed by atoms with Gasteiger partial charge in [0.15, 0.2) is 11.0 Å². The number of carbonyl (C=O) groups excluding carboxylic acids is 2. The summed E-state index contributed by atoms with van der Waals surface area (Å²) in [6.07, 6.45) is 0. The number of amides is 2. The molecule has 0 aliphatic rings. The maximum Gasteiger partial charge on any atom is 0.255 e. The van der Waals surface area contributed by atoms with Crippen molar-refractivity contribution < 1.29 is 19.1 Å². The minimum Gasteiger partial charge on any atom is -0.494 e. The lowest BCUT2D eigenvalue weighted by atomic mass is 10.1. The number of hydrogen-bond donors (Lipinski definition) is 2. The summed E-state index contributed by atoms with van der Waals surface area (Å²) in [5, 5.41) is 15.8. The van der Waals surface area contributed by atoms with Gasteiger partial charge >= 0.3 is 0 Å². The summed E-state index contributed by atoms with van der Waals surface area (Å²) >= 11 is 7.52. The van der Waals surface area contributed by atoms with E-state index in [1.54, 1.807) is 42.5 Å². The van der Waals surface area contributed by atoms with Crippen molar-refractivity contribution in [2.75, 3.05) is 30.1 Å². The van der Waals surface area contributed by atoms with E-state index in [-0.39, 0.29) is 17.6 Å². The fraction of sp³-hybridized carbons (Fsp3) is 0.152. The minimum atomic E-state index is -0.265. The first-order valence-corrected chi connectivity index (χ1v) is 15.1. The van der Waals surface area contributed by atoms with Gasteiger partial charge < -0.3 is 20.1 Å². The second kappa shape index (κ2) is 14.1. The molecule has 0 aliphatic heterocycles. The van der Waals surface area contributed by atoms with Crippen LogP contribution in [0.1, 0.15) is 22.8 Å². The number of methoxy groups -OCH3 is 1. The molecule has 0 fully saturated rings. The Hall–Kier alpha value is -4.80. The van der Waals surface area contributed by atoms with Crippen LogP contribution in [0.15, 0.2) is 96.2 Å². The van der Waals surface area contributed by atoms with Gasteiger partial charge in [-0.3, -0.25) is 14.2 Å². The van der Waals surface area contributed by atoms with Crippen molar-refractivity contribution in [1.29, 1.82) is 0 Å². The van der Waals surface area contributed by atoms with Crippen LogP contribution >= 0.6 is 23.4 Å². The Kier molecular flexibility index (Phi) is 9.83. The highest BCUT2D eigenvalue weighted by molar-refractivity contribution is 7.99. The molecule has 9 nitrogen and oxygen atoms in total. The fourth-order valence-corrected chi connectivity index (χ4v) is 5.40. The zero-order valence-corrected chi connectivity index (χ0v) is 25.9. The molecule has 0 bridgehead atoms. The van der Waals surface area contributed by atoms with E-state index < -0.39 is 0 Å². The highest BCUT2D eigenvalue weighted by Gasteiger charge is 2.19. The molecule has 1 aromatic heterocycles. The molecule has 0 aliphatic carbocycles. The topological polar surface area (TPSA) is 107 Å². The number of rotatable bonds is 11. The molecule has 1 heterocycles. The van der Waals surface area contributed by atoms with Crippen molar-refractivity contribution in [3.05, 3.63) is 107 Å². The Bertz CT molecular complexity index is 1780. The molecule has 0 saturated carbocycles. The van der Waals surface area contributed by atoms with Crippen molar-refractivity contribution in [2.45, 2.75) is 19.0 Å². The molecule has 2 N–H and O–H groups in total. The van der Waals surface area contributed by atoms with Gasteiger partial charge in [0.25, 0.3) is 5.91 Å². The van der Waals surface area contributed by atoms with Crippen molar-refractivity contribution >= 4 is 46.6 Å². The number of benzene rings is 4. The molecule has 0 spiro atoms. The summed E-state index contributed by atoms with van der Waals surface area (Å²) in [6, 6.07) is 27.3. The van der Waals surface area contributed by atoms with E-state index in [9.17, 15) is 9.59 Å². The van der Waals surface area contributed by atoms with Crippen LogP contribution in [0.25, 0.3) is 17.1 Å². The van der Waals surface area contributed by atoms with Gasteiger partial charge in [-0.05, 0) is 74.0 Å². The second-order valence-corrected chi connectivity index (χ2v) is 11.0. The average Bonchev–Trinajstić information content (AvgIpc) is 3.46. The van der Waals surface area contributed by atoms with Crippen molar-refractivity contribution in [2.24, 2.45) is 0 Å². The Morgan fingerprint density at radius 1 is 0.909 bits per heavy atom. The zero-order valence-electron chi connectivity index (χ0n) is 24.3. The number of carbonyl (C=O) groups is 2. The van der Waals surface area contributed by atoms with Gasteiger partial charge in [0.2, 0.25) is 5.91 Å². The summed E-state index contributed by atoms with van der Waals surface area (Å²) < 4.78 is 13.0. The van der Waals surface area contributed by atoms with E-state index in [4.69, 9.17) is 21.1 Å². The predicted molar refractivity (Wildman–Crippen MR) is 174 cm³/mol. The quantitative estimate of drug-likeness (QED) is 0.148. The SMILES string of the molecule is CCOc1ccc(-n2c(SCC(=O)Nc3cc(C)c(NC(=O)c4ccccc4)cc3OC)nnc2-c2cccc(Cl)c2)cc1. The number of nitrogens with zero attached hydrogens (tertiary/aromatic N) is 3. The van der Waals surface area contributed by atoms with Gasteiger partial charge in [-0.15, -0.1) is 10.2 Å². The first-order chi connectivity index (χ1) is 21.4. The molecule has 44 heavy (non-hydrogen) atoms. The van der Waals surface area contributed by atoms with E-state index in [1.807, 2.05) is 66.9 Å². The second-order valence-electron chi connectivity index (χ2n) is 9.60. The van der Waals surface area contributed by atoms with E-state index in [0.717, 1.165) is 22.6 Å². The van der Waals surface area contributed by atoms with Crippen LogP contribution in [-0.4, -0.2) is 46.0 Å². The third-order valence-electron chi connectivity index (χ3n) is 6.56. The van der Waals surface area contributed by atoms with Gasteiger partial charge in [0, 0.05) is 33.6 Å². The van der Waals surface area contributed by atoms with Gasteiger partial charge in [-0.25, -0.2) is 0 Å². The molecule has 0 saturated heterocycles. The predicted octanol–water partition coefficient (Wildman–Crippen LogP) is 7.29. The van der Waals surface area contributed by atoms with Crippen LogP contribution < -0.4 is 20.1 Å². The summed E-state index contributed by atoms with van der Waals surface area (Å²) in [4.78, 5) is 25.8. The largest absolute Gasteiger partial charge is 0.494 e. The Labute approximate surface area is 264 Å². The summed E-state index contributed by atoms with van der Waals surface area (Å²) in [5.41, 5.74) is 3.97. The van der Waals surface area contributed by atoms with Crippen LogP contribution in [0.2, 0.25) is 5.02 Å². The molecule has 5 rings (SSSR count). The third-order valence-corrected chi connectivity index (χ3v) is 7.72. The normalized spacial score (nSPS) is 10.7. The molecular weight excluding hydrogens is 598 g/mol. The van der Waals surface area contributed by atoms with Gasteiger partial charge in [0.1, 0.15) is 11.5 Å². The molecule has 11 heteroatoms. The average molecular weight is 628 g/mol. The van der Waals surface area contributed by atoms with E-state index in [0.29, 0.717) is 45.3 Å². The number of aryl methyl sites for hydroxylation is 1. The summed E-state index contributed by atoms with van der Waals surface area (Å²) in [7, 11) is 1.51. The maximum atomic E-state index is 13.2. The van der Waals surface area contributed by atoms with E-state index in [1.165, 1.54) is 18.9 Å². The fourth-order valence-electron chi connectivity index (χ4n) is 4.46. The monoisotopic (exact) mass is 627 g/mol. The molecule has 0 unspecified atom stereocenters. The Balaban J connectivity index is 1.34. The first-order valence-electron chi connectivity index (χ1n) is 13.8. The lowest BCUT2D eigenvalue weighted by molar-refractivity contribution is -0.113. The van der Waals surface area contributed by atoms with Crippen LogP contribution in [0.4, 0.5) is 11.4 Å². The number of thioether (sulfide) groups is 1. The van der Waals surface area contributed by atoms with Crippen LogP contribution in [0.5, 0.6) is 11.5 Å². The third kappa shape index (κ3) is 7.21. The number of ether oxygens (including phenoxy) is 2. The molecule has 0 radical (unpaired) electrons. The number of aromatic nitrogens is 3. The number of nitrogens with one attached hydrogen (secondary N) is 2. The van der Waals surface area contributed by atoms with Crippen molar-refractivity contribution in [3.8, 4) is 28.6 Å². The smallest absolute Gasteiger partial charge is 0.255 e. The van der Waals surface area contributed by atoms with Crippen LogP contribution in [0.3, 0.4) is 0 Å². The Morgan fingerprint density at radius 3 is 2.39 bits per heavy atom. The molecule has 0 atom stereocenters. The van der Waals surface area contributed by atoms with Crippen LogP contribution in [-0.2, 0) is 4.79 Å². The number of anilines is 2. The summed E-state index contributed by atoms with van der Waals surface area (Å²) in [5.74, 6) is 1.30. The molecular formula is C33H30ClN5O4S. The highest BCUT2D eigenvalue weighted by atomic mass is 35.5. The standard InChI is InChI=1S/C33H30ClN5O4S/c1-4-43-26-15-13-25(14-16-26)39-31(23-11-8-12-24(34)18-23)37-38-33(39)44-20-30(40)35-28-17-21(2)27(19-29(28)42-3)36-32(41)22-9-6-5-7-10-22/h5-19H,4,20H2,1-3H3,(H,35,40)(H,36,41). The molecule has 224 valence electrons. The number of hydrogen-bond acceptors (Lipinski definition) is 7. The number of halogens is 1. The Morgan fingerprint density at radius 2 is 1.68 bits per heavy atom. The molecule has 5 aromatic rings. The van der Waals surface area contributed by atoms with Gasteiger partial charge in [0.05, 0.1) is 25.2 Å². The maximum absolute atomic E-state index is 13.2. The molecule has 2 amide bonds. The van der Waals surface area contributed by atoms with Gasteiger partial charge in [-0.2, -0.15) is 0 Å². The van der Waals surface area contributed by atoms with Crippen LogP contribution in [0, 0.1) is 6.92 Å². The summed E-state index contributed by atoms with van der Waals surface area (Å²) in [6.45, 7) is 4.34. The lowest BCUT2D eigenvalue weighted by Crippen LogP contribution is -2.16. The first kappa shape index (κ1) is 30.7. The van der Waals surface area contributed by atoms with Crippen molar-refractivity contribution in [1.82, 2.24) is 14.8 Å². The zero-order chi connectivity index (χ0) is 31.1. The lowest BCUT2D eigenvalue weighted by Gasteiger charge is -2.15. The minimum absolute atomic E-state index is 0.0550.